The molecule has 0 aromatic heterocycles. The van der Waals surface area contributed by atoms with E-state index in [0.717, 1.165) is 43.5 Å². The summed E-state index contributed by atoms with van der Waals surface area (Å²) in [6, 6.07) is 9.86. The molecule has 0 fully saturated rings. The van der Waals surface area contributed by atoms with E-state index in [0.29, 0.717) is 36.2 Å². The van der Waals surface area contributed by atoms with Crippen LogP contribution in [0.5, 0.6) is 11.5 Å². The minimum absolute atomic E-state index is 0.145. The highest BCUT2D eigenvalue weighted by molar-refractivity contribution is 5.73. The molecule has 268 valence electrons. The van der Waals surface area contributed by atoms with Crippen molar-refractivity contribution < 1.29 is 62.2 Å². The molecule has 0 aliphatic carbocycles. The second-order valence-corrected chi connectivity index (χ2v) is 11.4. The van der Waals surface area contributed by atoms with Gasteiger partial charge < -0.3 is 9.47 Å². The maximum atomic E-state index is 15.2. The van der Waals surface area contributed by atoms with E-state index in [2.05, 4.69) is 9.47 Å². The molecule has 14 heteroatoms. The highest BCUT2D eigenvalue weighted by Gasteiger charge is 2.42. The zero-order chi connectivity index (χ0) is 37.2. The molecule has 0 aliphatic rings. The number of aryl methyl sites for hydroxylation is 1. The number of benzene rings is 5. The highest BCUT2D eigenvalue weighted by Crippen LogP contribution is 2.40. The fraction of sp³-hybridized carbons (Fsp3) is 0.189. The summed E-state index contributed by atoms with van der Waals surface area (Å²) in [6.45, 7) is 2.01. The Bertz CT molecular complexity index is 2030. The number of rotatable bonds is 11. The predicted molar refractivity (Wildman–Crippen MR) is 163 cm³/mol. The Morgan fingerprint density at radius 2 is 1.08 bits per heavy atom. The van der Waals surface area contributed by atoms with E-state index < -0.39 is 86.9 Å². The summed E-state index contributed by atoms with van der Waals surface area (Å²) >= 11 is 0. The molecule has 51 heavy (non-hydrogen) atoms. The Balaban J connectivity index is 1.38. The molecule has 0 N–H and O–H groups in total. The van der Waals surface area contributed by atoms with Crippen molar-refractivity contribution >= 4 is 0 Å². The molecule has 0 saturated heterocycles. The van der Waals surface area contributed by atoms with Gasteiger partial charge in [0.1, 0.15) is 46.2 Å². The van der Waals surface area contributed by atoms with Crippen molar-refractivity contribution in [3.05, 3.63) is 131 Å². The quantitative estimate of drug-likeness (QED) is 0.0996. The molecule has 0 heterocycles. The maximum Gasteiger partial charge on any atom is 0.573 e. The van der Waals surface area contributed by atoms with Crippen LogP contribution in [0.2, 0.25) is 0 Å². The molecule has 5 aromatic rings. The molecule has 0 saturated carbocycles. The zero-order valence-electron chi connectivity index (χ0n) is 26.2. The first kappa shape index (κ1) is 37.1. The number of hydrogen-bond donors (Lipinski definition) is 0. The summed E-state index contributed by atoms with van der Waals surface area (Å²) in [5.74, 6) is -12.5. The molecular weight excluding hydrogens is 704 g/mol. The van der Waals surface area contributed by atoms with Gasteiger partial charge in [0.25, 0.3) is 0 Å². The Labute approximate surface area is 282 Å². The molecule has 5 aromatic carbocycles. The van der Waals surface area contributed by atoms with E-state index in [4.69, 9.17) is 0 Å². The minimum Gasteiger partial charge on any atom is -0.429 e. The van der Waals surface area contributed by atoms with Crippen LogP contribution in [0.3, 0.4) is 0 Å². The van der Waals surface area contributed by atoms with Crippen LogP contribution in [0.1, 0.15) is 37.3 Å². The zero-order valence-corrected chi connectivity index (χ0v) is 26.2. The predicted octanol–water partition coefficient (Wildman–Crippen LogP) is 12.4. The third kappa shape index (κ3) is 8.43. The summed E-state index contributed by atoms with van der Waals surface area (Å²) in [5, 5.41) is 0. The molecule has 0 atom stereocenters. The average molecular weight is 729 g/mol. The summed E-state index contributed by atoms with van der Waals surface area (Å²) in [4.78, 5) is 0. The molecule has 0 amide bonds. The smallest absolute Gasteiger partial charge is 0.429 e. The van der Waals surface area contributed by atoms with Gasteiger partial charge in [-0.05, 0) is 89.7 Å². The van der Waals surface area contributed by atoms with Crippen molar-refractivity contribution in [3.8, 4) is 44.9 Å². The third-order valence-corrected chi connectivity index (χ3v) is 7.73. The lowest BCUT2D eigenvalue weighted by atomic mass is 9.96. The molecule has 0 radical (unpaired) electrons. The van der Waals surface area contributed by atoms with Gasteiger partial charge in [-0.15, -0.1) is 13.2 Å². The van der Waals surface area contributed by atoms with Crippen LogP contribution >= 0.6 is 0 Å². The first-order valence-electron chi connectivity index (χ1n) is 15.2. The lowest BCUT2D eigenvalue weighted by Crippen LogP contribution is -2.25. The van der Waals surface area contributed by atoms with Gasteiger partial charge in [0, 0.05) is 17.2 Å². The molecule has 2 nitrogen and oxygen atoms in total. The number of halogens is 12. The number of hydrogen-bond acceptors (Lipinski definition) is 2. The lowest BCUT2D eigenvalue weighted by Gasteiger charge is -2.20. The SMILES string of the molecule is CCCCCc1ccc(-c2cc(F)c(-c3cc(F)c(C(F)(F)Oc4ccc(-c5ccc(OC(F)(F)F)c(F)c5)c(F)c4)c(F)c3)c(F)c2)c(F)c1. The van der Waals surface area contributed by atoms with Gasteiger partial charge >= 0.3 is 12.5 Å². The standard InChI is InChI=1S/C37H24F12O2/c1-2-3-4-5-19-6-9-25(26(38)12-19)21-14-29(41)34(30(42)15-21)22-16-31(43)35(32(44)17-22)36(45,46)50-23-8-10-24(27(39)18-23)20-7-11-33(28(40)13-20)51-37(47,48)49/h6-18H,2-5H2,1H3. The monoisotopic (exact) mass is 728 g/mol. The normalized spacial score (nSPS) is 11.9. The minimum atomic E-state index is -5.21. The summed E-state index contributed by atoms with van der Waals surface area (Å²) in [6.07, 6.45) is -6.74. The largest absolute Gasteiger partial charge is 0.573 e. The van der Waals surface area contributed by atoms with Crippen LogP contribution in [-0.4, -0.2) is 6.36 Å². The Hall–Kier alpha value is -5.14. The topological polar surface area (TPSA) is 18.5 Å². The van der Waals surface area contributed by atoms with Crippen molar-refractivity contribution in [2.45, 2.75) is 45.1 Å². The molecule has 0 unspecified atom stereocenters. The van der Waals surface area contributed by atoms with Crippen LogP contribution in [0.25, 0.3) is 33.4 Å². The van der Waals surface area contributed by atoms with E-state index >= 15 is 26.3 Å². The van der Waals surface area contributed by atoms with E-state index in [1.165, 1.54) is 12.1 Å². The highest BCUT2D eigenvalue weighted by atomic mass is 19.4. The molecule has 0 bridgehead atoms. The van der Waals surface area contributed by atoms with Crippen LogP contribution in [0.15, 0.2) is 78.9 Å². The molecule has 5 rings (SSSR count). The van der Waals surface area contributed by atoms with Crippen LogP contribution < -0.4 is 9.47 Å². The second kappa shape index (κ2) is 14.6. The first-order chi connectivity index (χ1) is 24.0. The Kier molecular flexibility index (Phi) is 10.6. The van der Waals surface area contributed by atoms with Crippen LogP contribution in [0, 0.1) is 40.7 Å². The fourth-order valence-electron chi connectivity index (χ4n) is 5.40. The molecule has 0 spiro atoms. The average Bonchev–Trinajstić information content (AvgIpc) is 3.01. The van der Waals surface area contributed by atoms with Gasteiger partial charge in [-0.1, -0.05) is 38.0 Å². The second-order valence-electron chi connectivity index (χ2n) is 11.4. The Morgan fingerprint density at radius 3 is 1.65 bits per heavy atom. The van der Waals surface area contributed by atoms with Crippen molar-refractivity contribution in [1.29, 1.82) is 0 Å². The number of unbranched alkanes of at least 4 members (excludes halogenated alkanes) is 2. The van der Waals surface area contributed by atoms with Gasteiger partial charge in [-0.3, -0.25) is 0 Å². The van der Waals surface area contributed by atoms with E-state index in [-0.39, 0.29) is 28.8 Å². The summed E-state index contributed by atoms with van der Waals surface area (Å²) in [5.41, 5.74) is -4.27. The van der Waals surface area contributed by atoms with Gasteiger partial charge in [0.15, 0.2) is 11.6 Å². The van der Waals surface area contributed by atoms with Gasteiger partial charge in [0.05, 0.1) is 5.56 Å². The number of ether oxygens (including phenoxy) is 2. The van der Waals surface area contributed by atoms with Crippen LogP contribution in [-0.2, 0) is 12.5 Å². The number of alkyl halides is 5. The van der Waals surface area contributed by atoms with Crippen molar-refractivity contribution in [2.24, 2.45) is 0 Å². The van der Waals surface area contributed by atoms with Crippen molar-refractivity contribution in [1.82, 2.24) is 0 Å². The van der Waals surface area contributed by atoms with E-state index in [1.807, 2.05) is 6.92 Å². The maximum absolute atomic E-state index is 15.2. The van der Waals surface area contributed by atoms with E-state index in [1.54, 1.807) is 6.07 Å². The van der Waals surface area contributed by atoms with Gasteiger partial charge in [-0.2, -0.15) is 8.78 Å². The van der Waals surface area contributed by atoms with Gasteiger partial charge in [0.2, 0.25) is 0 Å². The fourth-order valence-corrected chi connectivity index (χ4v) is 5.40. The lowest BCUT2D eigenvalue weighted by molar-refractivity contribution is -0.275. The van der Waals surface area contributed by atoms with Gasteiger partial charge in [-0.25, -0.2) is 30.7 Å². The summed E-state index contributed by atoms with van der Waals surface area (Å²) < 4.78 is 179. The summed E-state index contributed by atoms with van der Waals surface area (Å²) in [7, 11) is 0. The van der Waals surface area contributed by atoms with Crippen LogP contribution in [0.4, 0.5) is 52.7 Å². The first-order valence-corrected chi connectivity index (χ1v) is 15.2. The Morgan fingerprint density at radius 1 is 0.510 bits per heavy atom. The van der Waals surface area contributed by atoms with Crippen molar-refractivity contribution in [2.75, 3.05) is 0 Å². The van der Waals surface area contributed by atoms with E-state index in [9.17, 15) is 26.3 Å². The third-order valence-electron chi connectivity index (χ3n) is 7.73. The molecular formula is C37H24F12O2. The van der Waals surface area contributed by atoms with Crippen molar-refractivity contribution in [3.63, 3.8) is 0 Å². The molecule has 0 aliphatic heterocycles.